The molecule has 0 aliphatic heterocycles. The van der Waals surface area contributed by atoms with E-state index < -0.39 is 17.6 Å². The molecule has 0 unspecified atom stereocenters. The summed E-state index contributed by atoms with van der Waals surface area (Å²) < 4.78 is 12.7. The summed E-state index contributed by atoms with van der Waals surface area (Å²) in [5.41, 5.74) is 5.33. The highest BCUT2D eigenvalue weighted by Gasteiger charge is 2.13. The normalized spacial score (nSPS) is 10.2. The fraction of sp³-hybridized carbons (Fsp3) is 0.100. The molecule has 0 saturated carbocycles. The van der Waals surface area contributed by atoms with Crippen LogP contribution in [0.15, 0.2) is 24.3 Å². The molecule has 19 heavy (non-hydrogen) atoms. The van der Waals surface area contributed by atoms with Gasteiger partial charge in [0.25, 0.3) is 11.7 Å². The molecule has 0 radical (unpaired) electrons. The van der Waals surface area contributed by atoms with Crippen LogP contribution in [-0.2, 0) is 4.79 Å². The van der Waals surface area contributed by atoms with Gasteiger partial charge in [0.15, 0.2) is 0 Å². The molecule has 0 fully saturated rings. The van der Waals surface area contributed by atoms with Gasteiger partial charge in [-0.3, -0.25) is 9.59 Å². The fourth-order valence-corrected chi connectivity index (χ4v) is 1.24. The minimum absolute atomic E-state index is 0.217. The van der Waals surface area contributed by atoms with Crippen LogP contribution in [-0.4, -0.2) is 38.6 Å². The minimum atomic E-state index is -0.681. The standard InChI is InChI=1S/C10H9FN6O2/c11-6-1-3-7(4-2-6)17-15-9(14-16-17)10(19)13-5-8(12)18/h1-4H,5H2,(H2,12,18)(H,13,19). The Morgan fingerprint density at radius 2 is 2.00 bits per heavy atom. The van der Waals surface area contributed by atoms with E-state index in [1.165, 1.54) is 24.3 Å². The first-order valence-electron chi connectivity index (χ1n) is 5.19. The fourth-order valence-electron chi connectivity index (χ4n) is 1.24. The molecule has 0 aliphatic carbocycles. The molecule has 0 atom stereocenters. The Bertz CT molecular complexity index is 609. The first kappa shape index (κ1) is 12.6. The Morgan fingerprint density at radius 3 is 2.63 bits per heavy atom. The molecule has 1 aromatic heterocycles. The minimum Gasteiger partial charge on any atom is -0.368 e. The molecule has 8 nitrogen and oxygen atoms in total. The summed E-state index contributed by atoms with van der Waals surface area (Å²) >= 11 is 0. The van der Waals surface area contributed by atoms with Crippen molar-refractivity contribution in [3.05, 3.63) is 35.9 Å². The summed E-state index contributed by atoms with van der Waals surface area (Å²) in [6, 6.07) is 5.32. The lowest BCUT2D eigenvalue weighted by molar-refractivity contribution is -0.117. The summed E-state index contributed by atoms with van der Waals surface area (Å²) in [6.45, 7) is -0.316. The van der Waals surface area contributed by atoms with Crippen LogP contribution in [0.1, 0.15) is 10.6 Å². The lowest BCUT2D eigenvalue weighted by Gasteiger charge is -1.98. The molecule has 98 valence electrons. The van der Waals surface area contributed by atoms with E-state index in [2.05, 4.69) is 20.7 Å². The number of hydrogen-bond donors (Lipinski definition) is 2. The van der Waals surface area contributed by atoms with Crippen molar-refractivity contribution in [1.82, 2.24) is 25.5 Å². The molecule has 2 amide bonds. The second-order valence-electron chi connectivity index (χ2n) is 3.53. The number of amides is 2. The van der Waals surface area contributed by atoms with Crippen molar-refractivity contribution in [2.24, 2.45) is 5.73 Å². The van der Waals surface area contributed by atoms with E-state index in [4.69, 9.17) is 5.73 Å². The molecule has 1 heterocycles. The van der Waals surface area contributed by atoms with Crippen molar-refractivity contribution in [2.75, 3.05) is 6.54 Å². The molecule has 1 aromatic carbocycles. The van der Waals surface area contributed by atoms with Gasteiger partial charge in [-0.2, -0.15) is 0 Å². The maximum absolute atomic E-state index is 12.7. The Labute approximate surface area is 106 Å². The van der Waals surface area contributed by atoms with Crippen LogP contribution in [0.5, 0.6) is 0 Å². The quantitative estimate of drug-likeness (QED) is 0.736. The largest absolute Gasteiger partial charge is 0.368 e. The third-order valence-corrected chi connectivity index (χ3v) is 2.10. The molecule has 2 aromatic rings. The third kappa shape index (κ3) is 3.09. The van der Waals surface area contributed by atoms with Crippen molar-refractivity contribution >= 4 is 11.8 Å². The number of nitrogens with two attached hydrogens (primary N) is 1. The predicted octanol–water partition coefficient (Wildman–Crippen LogP) is -0.984. The van der Waals surface area contributed by atoms with Crippen molar-refractivity contribution in [3.63, 3.8) is 0 Å². The van der Waals surface area contributed by atoms with E-state index in [1.807, 2.05) is 0 Å². The zero-order valence-electron chi connectivity index (χ0n) is 9.58. The van der Waals surface area contributed by atoms with E-state index in [0.717, 1.165) is 4.80 Å². The summed E-state index contributed by atoms with van der Waals surface area (Å²) in [7, 11) is 0. The Hall–Kier alpha value is -2.84. The second-order valence-corrected chi connectivity index (χ2v) is 3.53. The van der Waals surface area contributed by atoms with Gasteiger partial charge in [0.2, 0.25) is 5.91 Å². The molecule has 0 spiro atoms. The number of aromatic nitrogens is 4. The molecular formula is C10H9FN6O2. The topological polar surface area (TPSA) is 116 Å². The van der Waals surface area contributed by atoms with E-state index in [1.54, 1.807) is 0 Å². The van der Waals surface area contributed by atoms with Crippen LogP contribution >= 0.6 is 0 Å². The lowest BCUT2D eigenvalue weighted by Crippen LogP contribution is -2.33. The Morgan fingerprint density at radius 1 is 1.32 bits per heavy atom. The van der Waals surface area contributed by atoms with E-state index >= 15 is 0 Å². The number of nitrogens with one attached hydrogen (secondary N) is 1. The van der Waals surface area contributed by atoms with Crippen molar-refractivity contribution in [2.45, 2.75) is 0 Å². The van der Waals surface area contributed by atoms with E-state index in [-0.39, 0.29) is 12.4 Å². The Balaban J connectivity index is 2.12. The number of carbonyl (C=O) groups excluding carboxylic acids is 2. The molecule has 2 rings (SSSR count). The molecular weight excluding hydrogens is 255 g/mol. The van der Waals surface area contributed by atoms with Gasteiger partial charge in [-0.1, -0.05) is 0 Å². The van der Waals surface area contributed by atoms with Gasteiger partial charge in [-0.05, 0) is 29.5 Å². The highest BCUT2D eigenvalue weighted by molar-refractivity contribution is 5.92. The summed E-state index contributed by atoms with van der Waals surface area (Å²) in [6.07, 6.45) is 0. The SMILES string of the molecule is NC(=O)CNC(=O)c1nnn(-c2ccc(F)cc2)n1. The summed E-state index contributed by atoms with van der Waals surface area (Å²) in [4.78, 5) is 23.1. The molecule has 0 aliphatic rings. The van der Waals surface area contributed by atoms with Crippen LogP contribution < -0.4 is 11.1 Å². The van der Waals surface area contributed by atoms with Gasteiger partial charge < -0.3 is 11.1 Å². The average molecular weight is 264 g/mol. The van der Waals surface area contributed by atoms with Crippen LogP contribution in [0.4, 0.5) is 4.39 Å². The van der Waals surface area contributed by atoms with Crippen LogP contribution in [0.25, 0.3) is 5.69 Å². The van der Waals surface area contributed by atoms with Crippen molar-refractivity contribution in [3.8, 4) is 5.69 Å². The highest BCUT2D eigenvalue weighted by atomic mass is 19.1. The Kier molecular flexibility index (Phi) is 3.46. The van der Waals surface area contributed by atoms with Gasteiger partial charge >= 0.3 is 0 Å². The number of hydrogen-bond acceptors (Lipinski definition) is 5. The second kappa shape index (κ2) is 5.21. The third-order valence-electron chi connectivity index (χ3n) is 2.10. The highest BCUT2D eigenvalue weighted by Crippen LogP contribution is 2.05. The maximum atomic E-state index is 12.7. The number of benzene rings is 1. The zero-order chi connectivity index (χ0) is 13.8. The van der Waals surface area contributed by atoms with Crippen molar-refractivity contribution in [1.29, 1.82) is 0 Å². The molecule has 9 heteroatoms. The number of carbonyl (C=O) groups is 2. The number of tetrazole rings is 1. The van der Waals surface area contributed by atoms with Crippen LogP contribution in [0.2, 0.25) is 0 Å². The van der Waals surface area contributed by atoms with E-state index in [0.29, 0.717) is 5.69 Å². The first-order valence-corrected chi connectivity index (χ1v) is 5.19. The van der Waals surface area contributed by atoms with E-state index in [9.17, 15) is 14.0 Å². The number of primary amides is 1. The van der Waals surface area contributed by atoms with Gasteiger partial charge in [-0.15, -0.1) is 15.0 Å². The smallest absolute Gasteiger partial charge is 0.293 e. The monoisotopic (exact) mass is 264 g/mol. The average Bonchev–Trinajstić information content (AvgIpc) is 2.86. The summed E-state index contributed by atoms with van der Waals surface area (Å²) in [5, 5.41) is 13.2. The molecule has 3 N–H and O–H groups in total. The van der Waals surface area contributed by atoms with Gasteiger partial charge in [-0.25, -0.2) is 4.39 Å². The lowest BCUT2D eigenvalue weighted by atomic mass is 10.3. The van der Waals surface area contributed by atoms with Gasteiger partial charge in [0.05, 0.1) is 12.2 Å². The van der Waals surface area contributed by atoms with Gasteiger partial charge in [0, 0.05) is 0 Å². The van der Waals surface area contributed by atoms with Gasteiger partial charge in [0.1, 0.15) is 5.82 Å². The number of nitrogens with zero attached hydrogens (tertiary/aromatic N) is 4. The summed E-state index contributed by atoms with van der Waals surface area (Å²) in [5.74, 6) is -1.97. The van der Waals surface area contributed by atoms with Crippen LogP contribution in [0.3, 0.4) is 0 Å². The number of rotatable bonds is 4. The molecule has 0 bridgehead atoms. The zero-order valence-corrected chi connectivity index (χ0v) is 9.58. The van der Waals surface area contributed by atoms with Crippen LogP contribution in [0, 0.1) is 5.82 Å². The maximum Gasteiger partial charge on any atom is 0.293 e. The molecule has 0 saturated heterocycles. The predicted molar refractivity (Wildman–Crippen MR) is 60.6 cm³/mol. The first-order chi connectivity index (χ1) is 9.06. The van der Waals surface area contributed by atoms with Crippen molar-refractivity contribution < 1.29 is 14.0 Å². The number of halogens is 1.